The van der Waals surface area contributed by atoms with E-state index in [4.69, 9.17) is 0 Å². The summed E-state index contributed by atoms with van der Waals surface area (Å²) < 4.78 is 27.7. The van der Waals surface area contributed by atoms with Gasteiger partial charge in [0.25, 0.3) is 11.8 Å². The number of imide groups is 1. The number of benzene rings is 3. The molecule has 1 heterocycles. The minimum absolute atomic E-state index is 0.0409. The van der Waals surface area contributed by atoms with E-state index in [9.17, 15) is 18.4 Å². The Morgan fingerprint density at radius 3 is 2.21 bits per heavy atom. The quantitative estimate of drug-likeness (QED) is 0.659. The second kappa shape index (κ2) is 7.31. The fourth-order valence-corrected chi connectivity index (χ4v) is 3.25. The number of hydrogen-bond acceptors (Lipinski definition) is 3. The van der Waals surface area contributed by atoms with E-state index in [1.807, 2.05) is 19.1 Å². The summed E-state index contributed by atoms with van der Waals surface area (Å²) in [5, 5.41) is 3.04. The van der Waals surface area contributed by atoms with Crippen molar-refractivity contribution in [3.8, 4) is 0 Å². The molecule has 3 aromatic rings. The molecular formula is C23H16F2N2O2. The molecule has 0 bridgehead atoms. The number of nitrogens with one attached hydrogen (secondary N) is 1. The summed E-state index contributed by atoms with van der Waals surface area (Å²) in [6, 6.07) is 18.7. The summed E-state index contributed by atoms with van der Waals surface area (Å²) >= 11 is 0. The fourth-order valence-electron chi connectivity index (χ4n) is 3.25. The molecule has 2 amide bonds. The van der Waals surface area contributed by atoms with Crippen LogP contribution in [0, 0.1) is 18.6 Å². The maximum Gasteiger partial charge on any atom is 0.282 e. The van der Waals surface area contributed by atoms with E-state index in [0.29, 0.717) is 17.3 Å². The van der Waals surface area contributed by atoms with Gasteiger partial charge in [-0.2, -0.15) is 0 Å². The number of nitrogens with zero attached hydrogens (tertiary/aromatic N) is 1. The summed E-state index contributed by atoms with van der Waals surface area (Å²) in [5.74, 6) is -3.17. The van der Waals surface area contributed by atoms with Crippen LogP contribution in [0.15, 0.2) is 78.5 Å². The molecule has 0 saturated carbocycles. The molecule has 3 aromatic carbocycles. The first-order valence-electron chi connectivity index (χ1n) is 8.93. The van der Waals surface area contributed by atoms with Crippen molar-refractivity contribution in [1.82, 2.24) is 0 Å². The molecule has 6 heteroatoms. The lowest BCUT2D eigenvalue weighted by molar-refractivity contribution is -0.120. The van der Waals surface area contributed by atoms with Crippen LogP contribution in [0.1, 0.15) is 11.1 Å². The van der Waals surface area contributed by atoms with E-state index in [-0.39, 0.29) is 17.0 Å². The van der Waals surface area contributed by atoms with Crippen molar-refractivity contribution < 1.29 is 18.4 Å². The first kappa shape index (κ1) is 18.6. The van der Waals surface area contributed by atoms with Crippen LogP contribution in [0.25, 0.3) is 5.57 Å². The zero-order chi connectivity index (χ0) is 20.5. The number of carbonyl (C=O) groups is 2. The average Bonchev–Trinajstić information content (AvgIpc) is 2.94. The molecule has 0 aromatic heterocycles. The number of carbonyl (C=O) groups excluding carboxylic acids is 2. The number of anilines is 2. The molecule has 1 aliphatic heterocycles. The smallest absolute Gasteiger partial charge is 0.282 e. The third kappa shape index (κ3) is 3.29. The van der Waals surface area contributed by atoms with Crippen molar-refractivity contribution in [2.24, 2.45) is 0 Å². The molecule has 1 aliphatic rings. The highest BCUT2D eigenvalue weighted by atomic mass is 19.1. The van der Waals surface area contributed by atoms with Crippen LogP contribution in [-0.4, -0.2) is 11.8 Å². The van der Waals surface area contributed by atoms with E-state index in [2.05, 4.69) is 5.32 Å². The topological polar surface area (TPSA) is 49.4 Å². The Morgan fingerprint density at radius 2 is 1.52 bits per heavy atom. The molecule has 4 rings (SSSR count). The molecule has 29 heavy (non-hydrogen) atoms. The molecule has 0 atom stereocenters. The summed E-state index contributed by atoms with van der Waals surface area (Å²) in [7, 11) is 0. The predicted molar refractivity (Wildman–Crippen MR) is 107 cm³/mol. The van der Waals surface area contributed by atoms with Crippen LogP contribution >= 0.6 is 0 Å². The Kier molecular flexibility index (Phi) is 4.68. The molecule has 144 valence electrons. The molecule has 0 fully saturated rings. The van der Waals surface area contributed by atoms with E-state index in [1.54, 1.807) is 42.5 Å². The first-order valence-corrected chi connectivity index (χ1v) is 8.93. The Balaban J connectivity index is 1.85. The lowest BCUT2D eigenvalue weighted by atomic mass is 10.0. The zero-order valence-electron chi connectivity index (χ0n) is 15.4. The van der Waals surface area contributed by atoms with E-state index < -0.39 is 23.4 Å². The minimum atomic E-state index is -0.990. The lowest BCUT2D eigenvalue weighted by Gasteiger charge is -2.16. The molecule has 0 spiro atoms. The van der Waals surface area contributed by atoms with E-state index >= 15 is 0 Å². The second-order valence-electron chi connectivity index (χ2n) is 6.60. The highest BCUT2D eigenvalue weighted by molar-refractivity contribution is 6.46. The predicted octanol–water partition coefficient (Wildman–Crippen LogP) is 4.67. The van der Waals surface area contributed by atoms with Crippen molar-refractivity contribution in [3.05, 3.63) is 101 Å². The van der Waals surface area contributed by atoms with Crippen LogP contribution in [0.5, 0.6) is 0 Å². The van der Waals surface area contributed by atoms with Gasteiger partial charge in [0, 0.05) is 11.8 Å². The van der Waals surface area contributed by atoms with E-state index in [1.165, 1.54) is 0 Å². The third-order valence-corrected chi connectivity index (χ3v) is 4.70. The Bertz CT molecular complexity index is 1160. The van der Waals surface area contributed by atoms with Gasteiger partial charge in [-0.1, -0.05) is 48.5 Å². The molecule has 4 nitrogen and oxygen atoms in total. The normalized spacial score (nSPS) is 14.0. The van der Waals surface area contributed by atoms with Gasteiger partial charge in [-0.15, -0.1) is 0 Å². The minimum Gasteiger partial charge on any atom is -0.350 e. The molecule has 0 radical (unpaired) electrons. The van der Waals surface area contributed by atoms with Crippen LogP contribution in [0.2, 0.25) is 0 Å². The van der Waals surface area contributed by atoms with Crippen LogP contribution in [0.3, 0.4) is 0 Å². The standard InChI is InChI=1S/C23H16F2N2O2/c1-14-7-5-6-10-18(14)26-21-20(15-8-3-2-4-9-15)22(28)27(23(21)29)19-12-11-16(24)13-17(19)25/h2-13,26H,1H3. The highest BCUT2D eigenvalue weighted by Crippen LogP contribution is 2.35. The van der Waals surface area contributed by atoms with Crippen molar-refractivity contribution in [3.63, 3.8) is 0 Å². The highest BCUT2D eigenvalue weighted by Gasteiger charge is 2.41. The van der Waals surface area contributed by atoms with Crippen LogP contribution < -0.4 is 10.2 Å². The maximum absolute atomic E-state index is 14.4. The number of aryl methyl sites for hydroxylation is 1. The third-order valence-electron chi connectivity index (χ3n) is 4.70. The maximum atomic E-state index is 14.4. The van der Waals surface area contributed by atoms with Crippen molar-refractivity contribution in [1.29, 1.82) is 0 Å². The lowest BCUT2D eigenvalue weighted by Crippen LogP contribution is -2.33. The van der Waals surface area contributed by atoms with Crippen LogP contribution in [0.4, 0.5) is 20.2 Å². The summed E-state index contributed by atoms with van der Waals surface area (Å²) in [5.41, 5.74) is 1.92. The molecule has 0 aliphatic carbocycles. The van der Waals surface area contributed by atoms with Crippen molar-refractivity contribution >= 4 is 28.8 Å². The molecule has 0 unspecified atom stereocenters. The van der Waals surface area contributed by atoms with Gasteiger partial charge in [0.15, 0.2) is 0 Å². The van der Waals surface area contributed by atoms with Crippen molar-refractivity contribution in [2.45, 2.75) is 6.92 Å². The van der Waals surface area contributed by atoms with Crippen LogP contribution in [-0.2, 0) is 9.59 Å². The zero-order valence-corrected chi connectivity index (χ0v) is 15.4. The van der Waals surface area contributed by atoms with Gasteiger partial charge in [0.05, 0.1) is 11.3 Å². The number of amides is 2. The van der Waals surface area contributed by atoms with Gasteiger partial charge in [-0.25, -0.2) is 13.7 Å². The van der Waals surface area contributed by atoms with Crippen molar-refractivity contribution in [2.75, 3.05) is 10.2 Å². The average molecular weight is 390 g/mol. The van der Waals surface area contributed by atoms with Gasteiger partial charge in [-0.05, 0) is 36.2 Å². The molecule has 0 saturated heterocycles. The van der Waals surface area contributed by atoms with Gasteiger partial charge in [0.1, 0.15) is 17.3 Å². The number of rotatable bonds is 4. The number of hydrogen-bond donors (Lipinski definition) is 1. The number of halogens is 2. The fraction of sp³-hybridized carbons (Fsp3) is 0.0435. The summed E-state index contributed by atoms with van der Waals surface area (Å²) in [6.07, 6.45) is 0. The SMILES string of the molecule is Cc1ccccc1NC1=C(c2ccccc2)C(=O)N(c2ccc(F)cc2F)C1=O. The monoisotopic (exact) mass is 390 g/mol. The van der Waals surface area contributed by atoms with Gasteiger partial charge >= 0.3 is 0 Å². The number of para-hydroxylation sites is 1. The Labute approximate surface area is 166 Å². The van der Waals surface area contributed by atoms with Gasteiger partial charge in [-0.3, -0.25) is 9.59 Å². The molecular weight excluding hydrogens is 374 g/mol. The Morgan fingerprint density at radius 1 is 0.828 bits per heavy atom. The largest absolute Gasteiger partial charge is 0.350 e. The Hall–Kier alpha value is -3.80. The first-order chi connectivity index (χ1) is 14.0. The van der Waals surface area contributed by atoms with Gasteiger partial charge in [0.2, 0.25) is 0 Å². The second-order valence-corrected chi connectivity index (χ2v) is 6.60. The van der Waals surface area contributed by atoms with Gasteiger partial charge < -0.3 is 5.32 Å². The van der Waals surface area contributed by atoms with E-state index in [0.717, 1.165) is 22.6 Å². The molecule has 1 N–H and O–H groups in total. The summed E-state index contributed by atoms with van der Waals surface area (Å²) in [4.78, 5) is 27.1. The summed E-state index contributed by atoms with van der Waals surface area (Å²) in [6.45, 7) is 1.86.